The van der Waals surface area contributed by atoms with E-state index < -0.39 is 6.09 Å². The predicted molar refractivity (Wildman–Crippen MR) is 149 cm³/mol. The quantitative estimate of drug-likeness (QED) is 0.383. The van der Waals surface area contributed by atoms with Crippen LogP contribution in [0, 0.1) is 11.8 Å². The number of amides is 2. The Labute approximate surface area is 229 Å². The molecule has 206 valence electrons. The number of methoxy groups -OCH3 is 1. The molecule has 1 N–H and O–H groups in total. The average molecular weight is 533 g/mol. The van der Waals surface area contributed by atoms with Crippen LogP contribution in [-0.4, -0.2) is 49.7 Å². The van der Waals surface area contributed by atoms with Gasteiger partial charge in [0.25, 0.3) is 0 Å². The smallest absolute Gasteiger partial charge is 0.410 e. The van der Waals surface area contributed by atoms with Crippen LogP contribution in [0.25, 0.3) is 11.1 Å². The Morgan fingerprint density at radius 3 is 2.59 bits per heavy atom. The van der Waals surface area contributed by atoms with E-state index in [9.17, 15) is 14.4 Å². The molecule has 0 spiro atoms. The van der Waals surface area contributed by atoms with Crippen molar-refractivity contribution in [1.82, 2.24) is 4.90 Å². The van der Waals surface area contributed by atoms with Gasteiger partial charge >= 0.3 is 12.1 Å². The maximum atomic E-state index is 13.1. The van der Waals surface area contributed by atoms with E-state index in [1.807, 2.05) is 49.4 Å². The zero-order valence-electron chi connectivity index (χ0n) is 23.0. The van der Waals surface area contributed by atoms with Crippen LogP contribution < -0.4 is 10.1 Å². The molecule has 2 aliphatic carbocycles. The topological polar surface area (TPSA) is 94.2 Å². The van der Waals surface area contributed by atoms with Gasteiger partial charge in [-0.2, -0.15) is 0 Å². The van der Waals surface area contributed by atoms with Crippen LogP contribution in [0.4, 0.5) is 10.5 Å². The van der Waals surface area contributed by atoms with Gasteiger partial charge in [0.2, 0.25) is 5.91 Å². The summed E-state index contributed by atoms with van der Waals surface area (Å²) in [6.07, 6.45) is 7.14. The molecule has 2 aliphatic rings. The number of hydrogen-bond donors (Lipinski definition) is 1. The molecule has 4 rings (SSSR count). The molecule has 2 aromatic carbocycles. The third-order valence-corrected chi connectivity index (χ3v) is 6.98. The molecule has 0 radical (unpaired) electrons. The molecule has 0 bridgehead atoms. The maximum Gasteiger partial charge on any atom is 0.410 e. The Balaban J connectivity index is 1.62. The number of esters is 1. The van der Waals surface area contributed by atoms with E-state index in [4.69, 9.17) is 14.2 Å². The van der Waals surface area contributed by atoms with E-state index in [0.717, 1.165) is 34.2 Å². The Kier molecular flexibility index (Phi) is 9.07. The van der Waals surface area contributed by atoms with E-state index in [2.05, 4.69) is 11.4 Å². The first-order chi connectivity index (χ1) is 18.8. The summed E-state index contributed by atoms with van der Waals surface area (Å²) in [7, 11) is 1.59. The molecule has 2 unspecified atom stereocenters. The highest BCUT2D eigenvalue weighted by molar-refractivity contribution is 5.89. The van der Waals surface area contributed by atoms with Gasteiger partial charge in [0.05, 0.1) is 20.1 Å². The van der Waals surface area contributed by atoms with Crippen LogP contribution in [0.15, 0.2) is 60.2 Å². The minimum absolute atomic E-state index is 0.129. The van der Waals surface area contributed by atoms with Crippen molar-refractivity contribution in [2.45, 2.75) is 40.2 Å². The van der Waals surface area contributed by atoms with Gasteiger partial charge in [-0.25, -0.2) is 4.79 Å². The lowest BCUT2D eigenvalue weighted by molar-refractivity contribution is -0.142. The number of rotatable bonds is 11. The standard InChI is InChI=1S/C31H36N2O6/c1-5-33(31(36)39-19-23-9-7-8-22-17-27(22)23)18-24-16-25(32-20(3)34)11-12-26(24)28-14-21(10-13-29(28)37-4)15-30(35)38-6-2/h7-14,16,22,27H,5-6,15,17-19H2,1-4H3,(H,32,34). The first kappa shape index (κ1) is 28.0. The fourth-order valence-electron chi connectivity index (χ4n) is 4.92. The molecule has 2 atom stereocenters. The largest absolute Gasteiger partial charge is 0.496 e. The molecule has 2 amide bonds. The van der Waals surface area contributed by atoms with Crippen molar-refractivity contribution < 1.29 is 28.6 Å². The SMILES string of the molecule is CCOC(=O)Cc1ccc(OC)c(-c2ccc(NC(C)=O)cc2CN(CC)C(=O)OCC2=CC=CC3CC23)c1. The molecule has 8 nitrogen and oxygen atoms in total. The second-order valence-corrected chi connectivity index (χ2v) is 9.77. The van der Waals surface area contributed by atoms with Gasteiger partial charge in [0.15, 0.2) is 0 Å². The molecule has 1 saturated carbocycles. The number of benzene rings is 2. The highest BCUT2D eigenvalue weighted by Gasteiger charge is 2.39. The number of fused-ring (bicyclic) bond motifs is 1. The van der Waals surface area contributed by atoms with Gasteiger partial charge in [-0.1, -0.05) is 30.4 Å². The summed E-state index contributed by atoms with van der Waals surface area (Å²) >= 11 is 0. The number of allylic oxidation sites excluding steroid dienone is 3. The molecule has 39 heavy (non-hydrogen) atoms. The zero-order valence-corrected chi connectivity index (χ0v) is 23.0. The molecule has 0 heterocycles. The molecule has 0 aromatic heterocycles. The molecule has 2 aromatic rings. The summed E-state index contributed by atoms with van der Waals surface area (Å²) in [6, 6.07) is 11.1. The highest BCUT2D eigenvalue weighted by Crippen LogP contribution is 2.47. The molecule has 8 heteroatoms. The number of carbonyl (C=O) groups excluding carboxylic acids is 3. The van der Waals surface area contributed by atoms with Crippen molar-refractivity contribution in [3.05, 3.63) is 71.3 Å². The Morgan fingerprint density at radius 1 is 1.05 bits per heavy atom. The van der Waals surface area contributed by atoms with Gasteiger partial charge in [0.1, 0.15) is 12.4 Å². The van der Waals surface area contributed by atoms with E-state index in [-0.39, 0.29) is 31.4 Å². The van der Waals surface area contributed by atoms with Crippen molar-refractivity contribution in [1.29, 1.82) is 0 Å². The number of ether oxygens (including phenoxy) is 3. The van der Waals surface area contributed by atoms with Crippen molar-refractivity contribution in [2.75, 3.05) is 32.2 Å². The summed E-state index contributed by atoms with van der Waals surface area (Å²) in [4.78, 5) is 38.6. The summed E-state index contributed by atoms with van der Waals surface area (Å²) in [5.41, 5.74) is 4.94. The number of nitrogens with zero attached hydrogens (tertiary/aromatic N) is 1. The lowest BCUT2D eigenvalue weighted by Gasteiger charge is -2.24. The van der Waals surface area contributed by atoms with Gasteiger partial charge < -0.3 is 24.4 Å². The summed E-state index contributed by atoms with van der Waals surface area (Å²) in [5, 5.41) is 2.82. The maximum absolute atomic E-state index is 13.1. The van der Waals surface area contributed by atoms with Gasteiger partial charge in [0, 0.05) is 31.3 Å². The average Bonchev–Trinajstić information content (AvgIpc) is 3.71. The monoisotopic (exact) mass is 532 g/mol. The van der Waals surface area contributed by atoms with Crippen molar-refractivity contribution in [3.63, 3.8) is 0 Å². The van der Waals surface area contributed by atoms with Crippen molar-refractivity contribution in [2.24, 2.45) is 11.8 Å². The van der Waals surface area contributed by atoms with E-state index in [1.54, 1.807) is 25.0 Å². The molecular weight excluding hydrogens is 496 g/mol. The molecule has 0 aliphatic heterocycles. The minimum Gasteiger partial charge on any atom is -0.496 e. The predicted octanol–water partition coefficient (Wildman–Crippen LogP) is 5.52. The minimum atomic E-state index is -0.399. The molecule has 0 saturated heterocycles. The first-order valence-corrected chi connectivity index (χ1v) is 13.3. The van der Waals surface area contributed by atoms with Gasteiger partial charge in [-0.05, 0) is 78.6 Å². The van der Waals surface area contributed by atoms with Crippen LogP contribution >= 0.6 is 0 Å². The number of nitrogens with one attached hydrogen (secondary N) is 1. The van der Waals surface area contributed by atoms with Crippen LogP contribution in [0.3, 0.4) is 0 Å². The fraction of sp³-hybridized carbons (Fsp3) is 0.387. The molecule has 1 fully saturated rings. The second kappa shape index (κ2) is 12.7. The van der Waals surface area contributed by atoms with Crippen molar-refractivity contribution in [3.8, 4) is 16.9 Å². The summed E-state index contributed by atoms with van der Waals surface area (Å²) < 4.78 is 16.5. The fourth-order valence-corrected chi connectivity index (χ4v) is 4.92. The van der Waals surface area contributed by atoms with Crippen LogP contribution in [0.1, 0.15) is 38.3 Å². The van der Waals surface area contributed by atoms with Crippen LogP contribution in [-0.2, 0) is 32.0 Å². The highest BCUT2D eigenvalue weighted by atomic mass is 16.6. The molecular formula is C31H36N2O6. The van der Waals surface area contributed by atoms with Crippen LogP contribution in [0.5, 0.6) is 5.75 Å². The Bertz CT molecular complexity index is 1300. The third kappa shape index (κ3) is 7.07. The van der Waals surface area contributed by atoms with E-state index >= 15 is 0 Å². The number of anilines is 1. The Morgan fingerprint density at radius 2 is 1.87 bits per heavy atom. The lowest BCUT2D eigenvalue weighted by Crippen LogP contribution is -2.31. The normalized spacial score (nSPS) is 17.0. The first-order valence-electron chi connectivity index (χ1n) is 13.3. The summed E-state index contributed by atoms with van der Waals surface area (Å²) in [6.45, 7) is 6.42. The third-order valence-electron chi connectivity index (χ3n) is 6.98. The van der Waals surface area contributed by atoms with Gasteiger partial charge in [-0.15, -0.1) is 0 Å². The van der Waals surface area contributed by atoms with Crippen molar-refractivity contribution >= 4 is 23.7 Å². The summed E-state index contributed by atoms with van der Waals surface area (Å²) in [5.74, 6) is 1.20. The number of carbonyl (C=O) groups is 3. The van der Waals surface area contributed by atoms with Crippen LogP contribution in [0.2, 0.25) is 0 Å². The Hall–Kier alpha value is -4.07. The van der Waals surface area contributed by atoms with Gasteiger partial charge in [-0.3, -0.25) is 9.59 Å². The lowest BCUT2D eigenvalue weighted by atomic mass is 9.95. The van der Waals surface area contributed by atoms with E-state index in [0.29, 0.717) is 36.4 Å². The second-order valence-electron chi connectivity index (χ2n) is 9.77. The number of hydrogen-bond acceptors (Lipinski definition) is 6. The van der Waals surface area contributed by atoms with E-state index in [1.165, 1.54) is 6.92 Å². The zero-order chi connectivity index (χ0) is 27.9.